The third-order valence-corrected chi connectivity index (χ3v) is 1.30. The van der Waals surface area contributed by atoms with Gasteiger partial charge in [-0.05, 0) is 13.0 Å². The first-order valence-corrected chi connectivity index (χ1v) is 3.08. The molecule has 0 aliphatic heterocycles. The van der Waals surface area contributed by atoms with E-state index >= 15 is 0 Å². The molecule has 0 spiro atoms. The molecular weight excluding hydrogens is 173 g/mol. The molecule has 0 radical (unpaired) electrons. The highest BCUT2D eigenvalue weighted by atomic mass is 19.4. The summed E-state index contributed by atoms with van der Waals surface area (Å²) < 4.78 is 40.6. The number of furan rings is 1. The summed E-state index contributed by atoms with van der Waals surface area (Å²) in [6, 6.07) is 0.795. The number of hydrogen-bond acceptors (Lipinski definition) is 2. The van der Waals surface area contributed by atoms with Crippen molar-refractivity contribution in [2.75, 3.05) is 0 Å². The van der Waals surface area contributed by atoms with Gasteiger partial charge in [0, 0.05) is 0 Å². The minimum Gasteiger partial charge on any atom is -0.458 e. The van der Waals surface area contributed by atoms with E-state index in [2.05, 4.69) is 4.42 Å². The van der Waals surface area contributed by atoms with Gasteiger partial charge in [0.05, 0.1) is 0 Å². The normalized spacial score (nSPS) is 11.7. The molecule has 12 heavy (non-hydrogen) atoms. The number of halogens is 3. The largest absolute Gasteiger partial charge is 0.458 e. The molecule has 1 rings (SSSR count). The van der Waals surface area contributed by atoms with Gasteiger partial charge in [-0.3, -0.25) is 4.79 Å². The van der Waals surface area contributed by atoms with Crippen molar-refractivity contribution < 1.29 is 22.4 Å². The standard InChI is InChI=1S/C7H5F3O2/c1-4-2-5(7(8,9)10)6(3-11)12-4/h2-3H,1H3. The molecule has 0 bridgehead atoms. The minimum atomic E-state index is -4.52. The molecule has 0 fully saturated rings. The molecule has 66 valence electrons. The summed E-state index contributed by atoms with van der Waals surface area (Å²) in [6.45, 7) is 1.35. The molecule has 1 aromatic rings. The molecule has 5 heteroatoms. The highest BCUT2D eigenvalue weighted by molar-refractivity contribution is 5.73. The maximum atomic E-state index is 12.0. The van der Waals surface area contributed by atoms with Crippen LogP contribution in [0.15, 0.2) is 10.5 Å². The van der Waals surface area contributed by atoms with Gasteiger partial charge in [0.2, 0.25) is 0 Å². The van der Waals surface area contributed by atoms with Gasteiger partial charge >= 0.3 is 6.18 Å². The Labute approximate surface area is 66.0 Å². The molecule has 0 atom stereocenters. The molecule has 2 nitrogen and oxygen atoms in total. The highest BCUT2D eigenvalue weighted by Gasteiger charge is 2.35. The molecule has 0 aliphatic carbocycles. The summed E-state index contributed by atoms with van der Waals surface area (Å²) in [5.74, 6) is -0.593. The molecule has 1 heterocycles. The topological polar surface area (TPSA) is 30.2 Å². The zero-order chi connectivity index (χ0) is 9.35. The third kappa shape index (κ3) is 1.49. The Morgan fingerprint density at radius 1 is 1.50 bits per heavy atom. The van der Waals surface area contributed by atoms with E-state index < -0.39 is 17.5 Å². The summed E-state index contributed by atoms with van der Waals surface area (Å²) in [4.78, 5) is 10.1. The summed E-state index contributed by atoms with van der Waals surface area (Å²) in [5, 5.41) is 0. The van der Waals surface area contributed by atoms with Crippen LogP contribution in [0.25, 0.3) is 0 Å². The predicted molar refractivity (Wildman–Crippen MR) is 33.8 cm³/mol. The number of hydrogen-bond donors (Lipinski definition) is 0. The monoisotopic (exact) mass is 178 g/mol. The van der Waals surface area contributed by atoms with Crippen LogP contribution in [0, 0.1) is 6.92 Å². The van der Waals surface area contributed by atoms with E-state index in [4.69, 9.17) is 0 Å². The fourth-order valence-electron chi connectivity index (χ4n) is 0.841. The van der Waals surface area contributed by atoms with E-state index in [9.17, 15) is 18.0 Å². The van der Waals surface area contributed by atoms with Gasteiger partial charge in [0.25, 0.3) is 0 Å². The van der Waals surface area contributed by atoms with Gasteiger partial charge in [-0.1, -0.05) is 0 Å². The Balaban J connectivity index is 3.22. The highest BCUT2D eigenvalue weighted by Crippen LogP contribution is 2.33. The number of alkyl halides is 3. The van der Waals surface area contributed by atoms with Gasteiger partial charge in [0.1, 0.15) is 11.3 Å². The van der Waals surface area contributed by atoms with Gasteiger partial charge < -0.3 is 4.42 Å². The van der Waals surface area contributed by atoms with Crippen LogP contribution in [-0.4, -0.2) is 6.29 Å². The van der Waals surface area contributed by atoms with E-state index in [1.54, 1.807) is 0 Å². The van der Waals surface area contributed by atoms with Crippen molar-refractivity contribution in [3.8, 4) is 0 Å². The molecule has 0 amide bonds. The molecule has 0 aliphatic rings. The first-order valence-electron chi connectivity index (χ1n) is 3.08. The number of aryl methyl sites for hydroxylation is 1. The van der Waals surface area contributed by atoms with Crippen molar-refractivity contribution in [1.29, 1.82) is 0 Å². The Morgan fingerprint density at radius 2 is 2.08 bits per heavy atom. The Kier molecular flexibility index (Phi) is 1.95. The minimum absolute atomic E-state index is 0.0514. The summed E-state index contributed by atoms with van der Waals surface area (Å²) in [7, 11) is 0. The Bertz CT molecular complexity index is 298. The molecule has 1 aromatic heterocycles. The average Bonchev–Trinajstić information content (AvgIpc) is 2.29. The van der Waals surface area contributed by atoms with E-state index in [-0.39, 0.29) is 12.0 Å². The number of carbonyl (C=O) groups is 1. The maximum absolute atomic E-state index is 12.0. The van der Waals surface area contributed by atoms with Crippen molar-refractivity contribution in [3.05, 3.63) is 23.2 Å². The van der Waals surface area contributed by atoms with Crippen molar-refractivity contribution in [3.63, 3.8) is 0 Å². The summed E-state index contributed by atoms with van der Waals surface area (Å²) in [5.41, 5.74) is -1.02. The van der Waals surface area contributed by atoms with Crippen LogP contribution in [0.2, 0.25) is 0 Å². The third-order valence-electron chi connectivity index (χ3n) is 1.30. The van der Waals surface area contributed by atoms with Crippen LogP contribution in [0.3, 0.4) is 0 Å². The zero-order valence-electron chi connectivity index (χ0n) is 6.11. The van der Waals surface area contributed by atoms with Crippen LogP contribution in [0.5, 0.6) is 0 Å². The van der Waals surface area contributed by atoms with Crippen molar-refractivity contribution >= 4 is 6.29 Å². The fraction of sp³-hybridized carbons (Fsp3) is 0.286. The smallest absolute Gasteiger partial charge is 0.420 e. The average molecular weight is 178 g/mol. The van der Waals surface area contributed by atoms with Crippen LogP contribution >= 0.6 is 0 Å². The molecule has 0 N–H and O–H groups in total. The van der Waals surface area contributed by atoms with E-state index in [0.717, 1.165) is 6.07 Å². The Hall–Kier alpha value is -1.26. The first-order chi connectivity index (χ1) is 5.45. The molecule has 0 aromatic carbocycles. The second kappa shape index (κ2) is 2.66. The van der Waals surface area contributed by atoms with Gasteiger partial charge in [-0.15, -0.1) is 0 Å². The quantitative estimate of drug-likeness (QED) is 0.618. The predicted octanol–water partition coefficient (Wildman–Crippen LogP) is 2.42. The van der Waals surface area contributed by atoms with Gasteiger partial charge in [-0.2, -0.15) is 13.2 Å². The second-order valence-electron chi connectivity index (χ2n) is 2.25. The van der Waals surface area contributed by atoms with Gasteiger partial charge in [-0.25, -0.2) is 0 Å². The SMILES string of the molecule is Cc1cc(C(F)(F)F)c(C=O)o1. The van der Waals surface area contributed by atoms with Crippen LogP contribution in [-0.2, 0) is 6.18 Å². The lowest BCUT2D eigenvalue weighted by atomic mass is 10.2. The number of aldehydes is 1. The zero-order valence-corrected chi connectivity index (χ0v) is 6.11. The van der Waals surface area contributed by atoms with Crippen LogP contribution in [0.1, 0.15) is 21.9 Å². The van der Waals surface area contributed by atoms with E-state index in [1.807, 2.05) is 0 Å². The summed E-state index contributed by atoms with van der Waals surface area (Å²) >= 11 is 0. The maximum Gasteiger partial charge on any atom is 0.420 e. The summed E-state index contributed by atoms with van der Waals surface area (Å²) in [6.07, 6.45) is -4.47. The van der Waals surface area contributed by atoms with Crippen LogP contribution < -0.4 is 0 Å². The number of rotatable bonds is 1. The molecule has 0 unspecified atom stereocenters. The van der Waals surface area contributed by atoms with E-state index in [1.165, 1.54) is 6.92 Å². The molecule has 0 saturated carbocycles. The first kappa shape index (κ1) is 8.83. The lowest BCUT2D eigenvalue weighted by Gasteiger charge is -2.01. The van der Waals surface area contributed by atoms with Crippen molar-refractivity contribution in [2.24, 2.45) is 0 Å². The lowest BCUT2D eigenvalue weighted by molar-refractivity contribution is -0.138. The van der Waals surface area contributed by atoms with Gasteiger partial charge in [0.15, 0.2) is 12.0 Å². The second-order valence-corrected chi connectivity index (χ2v) is 2.25. The van der Waals surface area contributed by atoms with Crippen LogP contribution in [0.4, 0.5) is 13.2 Å². The van der Waals surface area contributed by atoms with Crippen molar-refractivity contribution in [2.45, 2.75) is 13.1 Å². The molecule has 0 saturated heterocycles. The number of carbonyl (C=O) groups excluding carboxylic acids is 1. The molecular formula is C7H5F3O2. The lowest BCUT2D eigenvalue weighted by Crippen LogP contribution is -2.05. The van der Waals surface area contributed by atoms with E-state index in [0.29, 0.717) is 0 Å². The van der Waals surface area contributed by atoms with Crippen molar-refractivity contribution in [1.82, 2.24) is 0 Å². The Morgan fingerprint density at radius 3 is 2.42 bits per heavy atom. The fourth-order valence-corrected chi connectivity index (χ4v) is 0.841.